The van der Waals surface area contributed by atoms with Crippen LogP contribution in [0.1, 0.15) is 58.4 Å². The smallest absolute Gasteiger partial charge is 0.151 e. The van der Waals surface area contributed by atoms with Gasteiger partial charge >= 0.3 is 0 Å². The van der Waals surface area contributed by atoms with Gasteiger partial charge in [-0.15, -0.1) is 0 Å². The molecule has 4 heteroatoms. The summed E-state index contributed by atoms with van der Waals surface area (Å²) in [6.07, 6.45) is 4.80. The summed E-state index contributed by atoms with van der Waals surface area (Å²) < 4.78 is 30.9. The summed E-state index contributed by atoms with van der Waals surface area (Å²) in [5.74, 6) is 0.509. The average molecular weight is 353 g/mol. The lowest BCUT2D eigenvalue weighted by atomic mass is 9.81. The number of benzene rings is 1. The fraction of sp³-hybridized carbons (Fsp3) is 0.700. The normalized spacial score (nSPS) is 18.0. The minimum Gasteiger partial charge on any atom is -0.381 e. The van der Waals surface area contributed by atoms with Gasteiger partial charge in [0.25, 0.3) is 0 Å². The van der Waals surface area contributed by atoms with Crippen molar-refractivity contribution >= 4 is 9.84 Å². The fourth-order valence-electron chi connectivity index (χ4n) is 3.61. The van der Waals surface area contributed by atoms with Gasteiger partial charge in [0.1, 0.15) is 0 Å². The highest BCUT2D eigenvalue weighted by molar-refractivity contribution is 7.91. The van der Waals surface area contributed by atoms with E-state index < -0.39 is 9.84 Å². The standard InChI is InChI=1S/C20H32O3S/c1-19(2,3)16-23-14-9-15-24(21,22)17-20(12-7-8-13-20)18-10-5-4-6-11-18/h4-6,10-11H,7-9,12-17H2,1-3H3. The van der Waals surface area contributed by atoms with Gasteiger partial charge in [-0.05, 0) is 30.2 Å². The van der Waals surface area contributed by atoms with Crippen LogP contribution in [0.2, 0.25) is 0 Å². The number of ether oxygens (including phenoxy) is 1. The van der Waals surface area contributed by atoms with Gasteiger partial charge in [-0.25, -0.2) is 8.42 Å². The molecule has 0 unspecified atom stereocenters. The molecule has 136 valence electrons. The first-order chi connectivity index (χ1) is 11.2. The predicted octanol–water partition coefficient (Wildman–Crippen LogP) is 4.37. The first-order valence-electron chi connectivity index (χ1n) is 9.06. The maximum Gasteiger partial charge on any atom is 0.151 e. The zero-order chi connectivity index (χ0) is 17.7. The Hall–Kier alpha value is -0.870. The van der Waals surface area contributed by atoms with Gasteiger partial charge in [-0.3, -0.25) is 0 Å². The molecule has 0 aromatic heterocycles. The van der Waals surface area contributed by atoms with Crippen LogP contribution in [0.5, 0.6) is 0 Å². The van der Waals surface area contributed by atoms with Crippen LogP contribution in [0.3, 0.4) is 0 Å². The van der Waals surface area contributed by atoms with Gasteiger partial charge in [-0.1, -0.05) is 63.9 Å². The zero-order valence-electron chi connectivity index (χ0n) is 15.4. The average Bonchev–Trinajstić information content (AvgIpc) is 2.95. The highest BCUT2D eigenvalue weighted by atomic mass is 32.2. The molecular formula is C20H32O3S. The Morgan fingerprint density at radius 3 is 2.29 bits per heavy atom. The highest BCUT2D eigenvalue weighted by Crippen LogP contribution is 2.42. The molecule has 0 aliphatic heterocycles. The maximum atomic E-state index is 12.7. The second-order valence-electron chi connectivity index (χ2n) is 8.41. The van der Waals surface area contributed by atoms with Crippen LogP contribution in [0, 0.1) is 5.41 Å². The molecule has 0 bridgehead atoms. The summed E-state index contributed by atoms with van der Waals surface area (Å²) in [4.78, 5) is 0. The highest BCUT2D eigenvalue weighted by Gasteiger charge is 2.39. The Morgan fingerprint density at radius 1 is 1.08 bits per heavy atom. The zero-order valence-corrected chi connectivity index (χ0v) is 16.2. The molecular weight excluding hydrogens is 320 g/mol. The van der Waals surface area contributed by atoms with E-state index in [1.807, 2.05) is 18.2 Å². The summed E-state index contributed by atoms with van der Waals surface area (Å²) in [6, 6.07) is 10.2. The van der Waals surface area contributed by atoms with E-state index in [9.17, 15) is 8.42 Å². The lowest BCUT2D eigenvalue weighted by Gasteiger charge is -2.29. The Balaban J connectivity index is 1.92. The molecule has 1 aromatic carbocycles. The van der Waals surface area contributed by atoms with Crippen molar-refractivity contribution in [3.05, 3.63) is 35.9 Å². The van der Waals surface area contributed by atoms with E-state index in [0.717, 1.165) is 25.7 Å². The Morgan fingerprint density at radius 2 is 1.71 bits per heavy atom. The summed E-state index contributed by atoms with van der Waals surface area (Å²) in [7, 11) is -3.07. The molecule has 0 saturated heterocycles. The lowest BCUT2D eigenvalue weighted by molar-refractivity contribution is 0.0720. The summed E-state index contributed by atoms with van der Waals surface area (Å²) in [5.41, 5.74) is 1.14. The van der Waals surface area contributed by atoms with E-state index in [0.29, 0.717) is 19.6 Å². The van der Waals surface area contributed by atoms with E-state index in [4.69, 9.17) is 4.74 Å². The first-order valence-corrected chi connectivity index (χ1v) is 10.9. The fourth-order valence-corrected chi connectivity index (χ4v) is 5.61. The van der Waals surface area contributed by atoms with E-state index in [-0.39, 0.29) is 22.3 Å². The van der Waals surface area contributed by atoms with Crippen molar-refractivity contribution in [2.75, 3.05) is 24.7 Å². The number of hydrogen-bond acceptors (Lipinski definition) is 3. The minimum atomic E-state index is -3.07. The predicted molar refractivity (Wildman–Crippen MR) is 100 cm³/mol. The molecule has 24 heavy (non-hydrogen) atoms. The monoisotopic (exact) mass is 352 g/mol. The molecule has 0 radical (unpaired) electrons. The molecule has 0 N–H and O–H groups in total. The van der Waals surface area contributed by atoms with Crippen LogP contribution in [0.25, 0.3) is 0 Å². The molecule has 0 atom stereocenters. The lowest BCUT2D eigenvalue weighted by Crippen LogP contribution is -2.33. The SMILES string of the molecule is CC(C)(C)COCCCS(=O)(=O)CC1(c2ccccc2)CCCC1. The van der Waals surface area contributed by atoms with E-state index in [2.05, 4.69) is 32.9 Å². The van der Waals surface area contributed by atoms with Crippen LogP contribution in [-0.4, -0.2) is 33.1 Å². The van der Waals surface area contributed by atoms with Gasteiger partial charge < -0.3 is 4.74 Å². The Bertz CT molecular complexity index is 594. The van der Waals surface area contributed by atoms with Crippen LogP contribution < -0.4 is 0 Å². The largest absolute Gasteiger partial charge is 0.381 e. The van der Waals surface area contributed by atoms with E-state index >= 15 is 0 Å². The number of sulfone groups is 1. The van der Waals surface area contributed by atoms with Crippen LogP contribution in [0.4, 0.5) is 0 Å². The third kappa shape index (κ3) is 5.89. The molecule has 0 amide bonds. The van der Waals surface area contributed by atoms with Gasteiger partial charge in [0.15, 0.2) is 9.84 Å². The van der Waals surface area contributed by atoms with Gasteiger partial charge in [0, 0.05) is 12.0 Å². The van der Waals surface area contributed by atoms with Gasteiger partial charge in [-0.2, -0.15) is 0 Å². The van der Waals surface area contributed by atoms with Gasteiger partial charge in [0.05, 0.1) is 18.1 Å². The van der Waals surface area contributed by atoms with E-state index in [1.54, 1.807) is 0 Å². The molecule has 1 aliphatic carbocycles. The van der Waals surface area contributed by atoms with Crippen LogP contribution in [0.15, 0.2) is 30.3 Å². The van der Waals surface area contributed by atoms with Crippen molar-refractivity contribution in [3.8, 4) is 0 Å². The third-order valence-corrected chi connectivity index (χ3v) is 6.63. The van der Waals surface area contributed by atoms with Crippen molar-refractivity contribution in [1.29, 1.82) is 0 Å². The van der Waals surface area contributed by atoms with Gasteiger partial charge in [0.2, 0.25) is 0 Å². The van der Waals surface area contributed by atoms with Crippen molar-refractivity contribution in [2.24, 2.45) is 5.41 Å². The number of hydrogen-bond donors (Lipinski definition) is 0. The molecule has 0 spiro atoms. The quantitative estimate of drug-likeness (QED) is 0.653. The Kier molecular flexibility index (Phi) is 6.49. The second-order valence-corrected chi connectivity index (χ2v) is 10.6. The van der Waals surface area contributed by atoms with Crippen molar-refractivity contribution in [1.82, 2.24) is 0 Å². The molecule has 1 aromatic rings. The van der Waals surface area contributed by atoms with Crippen molar-refractivity contribution in [3.63, 3.8) is 0 Å². The van der Waals surface area contributed by atoms with Crippen LogP contribution in [-0.2, 0) is 20.0 Å². The molecule has 1 saturated carbocycles. The molecule has 0 heterocycles. The molecule has 2 rings (SSSR count). The summed E-state index contributed by atoms with van der Waals surface area (Å²) in [6.45, 7) is 7.55. The molecule has 1 fully saturated rings. The van der Waals surface area contributed by atoms with Crippen molar-refractivity contribution in [2.45, 2.75) is 58.3 Å². The topological polar surface area (TPSA) is 43.4 Å². The van der Waals surface area contributed by atoms with Crippen LogP contribution >= 0.6 is 0 Å². The van der Waals surface area contributed by atoms with Crippen molar-refractivity contribution < 1.29 is 13.2 Å². The first kappa shape index (κ1) is 19.5. The number of rotatable bonds is 8. The summed E-state index contributed by atoms with van der Waals surface area (Å²) >= 11 is 0. The molecule has 1 aliphatic rings. The second kappa shape index (κ2) is 8.01. The third-order valence-electron chi connectivity index (χ3n) is 4.72. The maximum absolute atomic E-state index is 12.7. The Labute approximate surface area is 147 Å². The molecule has 3 nitrogen and oxygen atoms in total. The van der Waals surface area contributed by atoms with E-state index in [1.165, 1.54) is 5.56 Å². The minimum absolute atomic E-state index is 0.125. The summed E-state index contributed by atoms with van der Waals surface area (Å²) in [5, 5.41) is 0.